The summed E-state index contributed by atoms with van der Waals surface area (Å²) in [4.78, 5) is 17.2. The van der Waals surface area contributed by atoms with Crippen LogP contribution in [0.5, 0.6) is 0 Å². The average molecular weight is 676 g/mol. The van der Waals surface area contributed by atoms with E-state index in [1.165, 1.54) is 48.5 Å². The van der Waals surface area contributed by atoms with Gasteiger partial charge in [0.25, 0.3) is 0 Å². The van der Waals surface area contributed by atoms with Gasteiger partial charge in [0.05, 0.1) is 30.8 Å². The number of carbonyl (C=O) groups is 1. The fourth-order valence-corrected chi connectivity index (χ4v) is 6.33. The standard InChI is InChI=1S/C38H41F2N2O7/c1-23-7-16-29(31(19-23)41(20-24-5-3-2-4-6-24)21-33(45)36(47)37(48)34(46)22-43)35-30(17-18-32(44)25-8-10-26(39)11-9-25)38(49)42(35)28-14-12-27(40)13-15-28/h2-16,19,30,32-37,43-48H,1,17-18,20-22H2. The van der Waals surface area contributed by atoms with Crippen LogP contribution in [0.25, 0.3) is 0 Å². The van der Waals surface area contributed by atoms with E-state index in [2.05, 4.69) is 6.92 Å². The Morgan fingerprint density at radius 2 is 1.41 bits per heavy atom. The van der Waals surface area contributed by atoms with Crippen LogP contribution in [0.15, 0.2) is 97.1 Å². The summed E-state index contributed by atoms with van der Waals surface area (Å²) in [5.74, 6) is -1.76. The predicted octanol–water partition coefficient (Wildman–Crippen LogP) is 3.81. The van der Waals surface area contributed by atoms with E-state index in [1.54, 1.807) is 21.9 Å². The number of rotatable bonds is 15. The van der Waals surface area contributed by atoms with Gasteiger partial charge < -0.3 is 40.4 Å². The van der Waals surface area contributed by atoms with Gasteiger partial charge in [0.15, 0.2) is 0 Å². The van der Waals surface area contributed by atoms with Gasteiger partial charge in [-0.15, -0.1) is 0 Å². The molecule has 0 aromatic heterocycles. The summed E-state index contributed by atoms with van der Waals surface area (Å²) in [5.41, 5.74) is 3.66. The molecule has 49 heavy (non-hydrogen) atoms. The number of halogens is 2. The van der Waals surface area contributed by atoms with Crippen LogP contribution in [-0.2, 0) is 11.3 Å². The number of benzene rings is 4. The van der Waals surface area contributed by atoms with Crippen molar-refractivity contribution in [3.63, 3.8) is 0 Å². The average Bonchev–Trinajstić information content (AvgIpc) is 3.10. The lowest BCUT2D eigenvalue weighted by Crippen LogP contribution is -2.56. The number of amides is 1. The van der Waals surface area contributed by atoms with Gasteiger partial charge in [0.2, 0.25) is 5.91 Å². The summed E-state index contributed by atoms with van der Waals surface area (Å²) in [7, 11) is 0. The number of aliphatic hydroxyl groups is 6. The van der Waals surface area contributed by atoms with Gasteiger partial charge in [-0.2, -0.15) is 0 Å². The topological polar surface area (TPSA) is 145 Å². The number of nitrogens with zero attached hydrogens (tertiary/aromatic N) is 2. The minimum atomic E-state index is -1.83. The van der Waals surface area contributed by atoms with E-state index in [-0.39, 0.29) is 31.8 Å². The third-order valence-electron chi connectivity index (χ3n) is 9.03. The highest BCUT2D eigenvalue weighted by atomic mass is 19.1. The molecule has 1 saturated heterocycles. The Kier molecular flexibility index (Phi) is 11.8. The molecule has 1 fully saturated rings. The minimum Gasteiger partial charge on any atom is -0.394 e. The van der Waals surface area contributed by atoms with Crippen LogP contribution >= 0.6 is 0 Å². The Hall–Kier alpha value is -4.23. The van der Waals surface area contributed by atoms with Gasteiger partial charge >= 0.3 is 0 Å². The quantitative estimate of drug-likeness (QED) is 0.105. The lowest BCUT2D eigenvalue weighted by molar-refractivity contribution is -0.131. The molecule has 1 aliphatic heterocycles. The van der Waals surface area contributed by atoms with Crippen molar-refractivity contribution in [1.82, 2.24) is 0 Å². The first-order chi connectivity index (χ1) is 23.5. The van der Waals surface area contributed by atoms with Crippen molar-refractivity contribution in [3.8, 4) is 0 Å². The fourth-order valence-electron chi connectivity index (χ4n) is 6.33. The number of hydrogen-bond donors (Lipinski definition) is 6. The number of β-lactam (4-membered cyclic amide) rings is 1. The molecule has 6 N–H and O–H groups in total. The first-order valence-electron chi connectivity index (χ1n) is 16.1. The summed E-state index contributed by atoms with van der Waals surface area (Å²) in [6, 6.07) is 25.1. The highest BCUT2D eigenvalue weighted by Crippen LogP contribution is 2.49. The van der Waals surface area contributed by atoms with E-state index in [0.717, 1.165) is 5.56 Å². The molecule has 1 heterocycles. The Morgan fingerprint density at radius 3 is 2.04 bits per heavy atom. The molecule has 0 saturated carbocycles. The van der Waals surface area contributed by atoms with Crippen LogP contribution < -0.4 is 9.80 Å². The Morgan fingerprint density at radius 1 is 0.796 bits per heavy atom. The van der Waals surface area contributed by atoms with Crippen molar-refractivity contribution >= 4 is 17.3 Å². The number of carbonyl (C=O) groups excluding carboxylic acids is 1. The second kappa shape index (κ2) is 16.0. The summed E-state index contributed by atoms with van der Waals surface area (Å²) in [6.45, 7) is 3.27. The third-order valence-corrected chi connectivity index (χ3v) is 9.03. The summed E-state index contributed by atoms with van der Waals surface area (Å²) in [5, 5.41) is 62.3. The van der Waals surface area contributed by atoms with Gasteiger partial charge in [-0.05, 0) is 84.5 Å². The predicted molar refractivity (Wildman–Crippen MR) is 180 cm³/mol. The highest BCUT2D eigenvalue weighted by Gasteiger charge is 2.49. The Labute approximate surface area is 283 Å². The van der Waals surface area contributed by atoms with Crippen molar-refractivity contribution in [3.05, 3.63) is 138 Å². The molecule has 0 aliphatic carbocycles. The number of aliphatic hydroxyl groups excluding tert-OH is 6. The van der Waals surface area contributed by atoms with Crippen LogP contribution in [-0.4, -0.2) is 74.1 Å². The van der Waals surface area contributed by atoms with Gasteiger partial charge in [-0.1, -0.05) is 54.6 Å². The summed E-state index contributed by atoms with van der Waals surface area (Å²) < 4.78 is 27.4. The van der Waals surface area contributed by atoms with Gasteiger partial charge in [0.1, 0.15) is 29.9 Å². The van der Waals surface area contributed by atoms with E-state index in [1.807, 2.05) is 36.4 Å². The van der Waals surface area contributed by atoms with Gasteiger partial charge in [-0.3, -0.25) is 4.79 Å². The molecule has 4 aromatic rings. The van der Waals surface area contributed by atoms with E-state index in [0.29, 0.717) is 28.1 Å². The lowest BCUT2D eigenvalue weighted by atomic mass is 9.77. The maximum atomic E-state index is 13.9. The molecule has 259 valence electrons. The van der Waals surface area contributed by atoms with Crippen molar-refractivity contribution in [2.45, 2.75) is 55.9 Å². The zero-order valence-electron chi connectivity index (χ0n) is 26.8. The molecular weight excluding hydrogens is 634 g/mol. The first kappa shape index (κ1) is 36.1. The Bertz CT molecular complexity index is 1680. The number of anilines is 2. The van der Waals surface area contributed by atoms with Crippen LogP contribution in [0.4, 0.5) is 20.2 Å². The smallest absolute Gasteiger partial charge is 0.233 e. The lowest BCUT2D eigenvalue weighted by Gasteiger charge is -2.49. The molecule has 1 radical (unpaired) electrons. The minimum absolute atomic E-state index is 0.197. The van der Waals surface area contributed by atoms with Crippen molar-refractivity contribution < 1.29 is 44.2 Å². The van der Waals surface area contributed by atoms with Crippen molar-refractivity contribution in [2.75, 3.05) is 23.0 Å². The normalized spacial score (nSPS) is 19.1. The number of hydrogen-bond acceptors (Lipinski definition) is 8. The molecule has 1 amide bonds. The molecule has 9 nitrogen and oxygen atoms in total. The van der Waals surface area contributed by atoms with Crippen LogP contribution in [0, 0.1) is 24.5 Å². The first-order valence-corrected chi connectivity index (χ1v) is 16.1. The van der Waals surface area contributed by atoms with Crippen LogP contribution in [0.2, 0.25) is 0 Å². The van der Waals surface area contributed by atoms with Crippen LogP contribution in [0.3, 0.4) is 0 Å². The summed E-state index contributed by atoms with van der Waals surface area (Å²) in [6.07, 6.45) is -7.40. The van der Waals surface area contributed by atoms with E-state index >= 15 is 0 Å². The van der Waals surface area contributed by atoms with E-state index < -0.39 is 60.7 Å². The monoisotopic (exact) mass is 675 g/mol. The molecule has 1 aliphatic rings. The maximum Gasteiger partial charge on any atom is 0.233 e. The second-order valence-electron chi connectivity index (χ2n) is 12.4. The van der Waals surface area contributed by atoms with Gasteiger partial charge in [-0.25, -0.2) is 8.78 Å². The fraction of sp³-hybridized carbons (Fsp3) is 0.316. The third kappa shape index (κ3) is 8.33. The Balaban J connectivity index is 1.53. The zero-order chi connectivity index (χ0) is 35.2. The molecule has 4 aromatic carbocycles. The maximum absolute atomic E-state index is 13.9. The summed E-state index contributed by atoms with van der Waals surface area (Å²) >= 11 is 0. The second-order valence-corrected chi connectivity index (χ2v) is 12.4. The molecule has 11 heteroatoms. The van der Waals surface area contributed by atoms with Gasteiger partial charge in [0, 0.05) is 24.5 Å². The highest BCUT2D eigenvalue weighted by molar-refractivity contribution is 6.03. The molecule has 7 atom stereocenters. The SMILES string of the molecule is [CH2]c1ccc(C2C(CCC(O)c3ccc(F)cc3)C(=O)N2c2ccc(F)cc2)c(N(Cc2ccccc2)CC(O)C(O)C(O)C(O)CO)c1. The molecule has 0 bridgehead atoms. The molecule has 7 unspecified atom stereocenters. The molecule has 0 spiro atoms. The van der Waals surface area contributed by atoms with Crippen molar-refractivity contribution in [1.29, 1.82) is 0 Å². The van der Waals surface area contributed by atoms with E-state index in [4.69, 9.17) is 0 Å². The molecular formula is C38H41F2N2O7. The van der Waals surface area contributed by atoms with Crippen molar-refractivity contribution in [2.24, 2.45) is 5.92 Å². The zero-order valence-corrected chi connectivity index (χ0v) is 26.8. The largest absolute Gasteiger partial charge is 0.394 e. The molecule has 5 rings (SSSR count). The van der Waals surface area contributed by atoms with Crippen LogP contribution in [0.1, 0.15) is 47.2 Å². The van der Waals surface area contributed by atoms with E-state index in [9.17, 15) is 44.2 Å².